The predicted molar refractivity (Wildman–Crippen MR) is 130 cm³/mol. The summed E-state index contributed by atoms with van der Waals surface area (Å²) in [7, 11) is 1.65. The first-order chi connectivity index (χ1) is 16.5. The van der Waals surface area contributed by atoms with Gasteiger partial charge < -0.3 is 19.5 Å². The largest absolute Gasteiger partial charge is 0.496 e. The lowest BCUT2D eigenvalue weighted by molar-refractivity contribution is 0.122. The number of nitrogens with one attached hydrogen (secondary N) is 3. The molecule has 1 atom stereocenters. The van der Waals surface area contributed by atoms with Gasteiger partial charge in [-0.2, -0.15) is 0 Å². The van der Waals surface area contributed by atoms with E-state index in [4.69, 9.17) is 21.2 Å². The van der Waals surface area contributed by atoms with Gasteiger partial charge in [0.05, 0.1) is 18.3 Å². The molecule has 2 aromatic carbocycles. The number of nitrogens with zero attached hydrogens (tertiary/aromatic N) is 3. The van der Waals surface area contributed by atoms with Crippen LogP contribution in [0, 0.1) is 6.92 Å². The Morgan fingerprint density at radius 3 is 2.74 bits per heavy atom. The molecular weight excluding hydrogens is 456 g/mol. The second-order valence-electron chi connectivity index (χ2n) is 7.90. The van der Waals surface area contributed by atoms with Gasteiger partial charge in [0.2, 0.25) is 0 Å². The average Bonchev–Trinajstić information content (AvgIpc) is 3.42. The van der Waals surface area contributed by atoms with E-state index in [0.29, 0.717) is 11.6 Å². The summed E-state index contributed by atoms with van der Waals surface area (Å²) in [5, 5.41) is 7.73. The fourth-order valence-corrected chi connectivity index (χ4v) is 4.29. The van der Waals surface area contributed by atoms with Gasteiger partial charge in [-0.05, 0) is 30.7 Å². The van der Waals surface area contributed by atoms with Gasteiger partial charge in [0, 0.05) is 40.8 Å². The summed E-state index contributed by atoms with van der Waals surface area (Å²) in [5.74, 6) is 1.50. The Morgan fingerprint density at radius 2 is 2.00 bits per heavy atom. The maximum absolute atomic E-state index is 11.2. The van der Waals surface area contributed by atoms with Crippen molar-refractivity contribution in [3.63, 3.8) is 0 Å². The number of ether oxygens (including phenoxy) is 1. The number of hydroxylamine groups is 1. The molecule has 0 radical (unpaired) electrons. The van der Waals surface area contributed by atoms with E-state index in [2.05, 4.69) is 43.6 Å². The van der Waals surface area contributed by atoms with E-state index in [-0.39, 0.29) is 6.17 Å². The molecule has 0 aliphatic carbocycles. The Kier molecular flexibility index (Phi) is 5.95. The molecule has 1 amide bonds. The van der Waals surface area contributed by atoms with Crippen LogP contribution in [0.2, 0.25) is 5.02 Å². The molecule has 0 spiro atoms. The van der Waals surface area contributed by atoms with Crippen molar-refractivity contribution in [1.29, 1.82) is 0 Å². The molecule has 4 aromatic rings. The second kappa shape index (κ2) is 9.20. The van der Waals surface area contributed by atoms with Crippen LogP contribution in [0.1, 0.15) is 17.4 Å². The molecule has 3 heterocycles. The molecule has 0 saturated carbocycles. The summed E-state index contributed by atoms with van der Waals surface area (Å²) >= 11 is 6.29. The maximum Gasteiger partial charge on any atom is 0.427 e. The number of halogens is 1. The van der Waals surface area contributed by atoms with E-state index in [1.165, 1.54) is 0 Å². The van der Waals surface area contributed by atoms with E-state index in [0.717, 1.165) is 51.5 Å². The third kappa shape index (κ3) is 4.35. The number of methoxy groups -OCH3 is 1. The highest BCUT2D eigenvalue weighted by atomic mass is 35.5. The summed E-state index contributed by atoms with van der Waals surface area (Å²) in [6.45, 7) is 3.47. The Bertz CT molecular complexity index is 1360. The van der Waals surface area contributed by atoms with Crippen molar-refractivity contribution in [3.05, 3.63) is 71.1 Å². The summed E-state index contributed by atoms with van der Waals surface area (Å²) in [6.07, 6.45) is 0.678. The molecule has 10 heteroatoms. The first kappa shape index (κ1) is 22.0. The number of benzene rings is 2. The van der Waals surface area contributed by atoms with Crippen molar-refractivity contribution in [3.8, 4) is 17.0 Å². The smallest absolute Gasteiger partial charge is 0.427 e. The number of carbonyl (C=O) groups excluding carboxylic acids is 1. The zero-order valence-corrected chi connectivity index (χ0v) is 19.4. The van der Waals surface area contributed by atoms with Gasteiger partial charge in [0.1, 0.15) is 24.1 Å². The van der Waals surface area contributed by atoms with Crippen molar-refractivity contribution in [2.45, 2.75) is 19.6 Å². The lowest BCUT2D eigenvalue weighted by atomic mass is 10.1. The number of anilines is 1. The fraction of sp³-hybridized carbons (Fsp3) is 0.208. The molecule has 174 valence electrons. The van der Waals surface area contributed by atoms with Gasteiger partial charge in [-0.15, -0.1) is 5.48 Å². The number of amides is 1. The van der Waals surface area contributed by atoms with Gasteiger partial charge in [-0.25, -0.2) is 14.8 Å². The highest BCUT2D eigenvalue weighted by molar-refractivity contribution is 6.31. The van der Waals surface area contributed by atoms with Gasteiger partial charge >= 0.3 is 6.09 Å². The Balaban J connectivity index is 1.28. The van der Waals surface area contributed by atoms with Crippen molar-refractivity contribution < 1.29 is 14.4 Å². The first-order valence-electron chi connectivity index (χ1n) is 10.7. The molecule has 1 fully saturated rings. The van der Waals surface area contributed by atoms with E-state index in [1.54, 1.807) is 13.4 Å². The lowest BCUT2D eigenvalue weighted by Gasteiger charge is -2.12. The molecule has 1 aliphatic heterocycles. The third-order valence-corrected chi connectivity index (χ3v) is 5.97. The summed E-state index contributed by atoms with van der Waals surface area (Å²) in [6, 6.07) is 15.5. The molecule has 3 N–H and O–H groups in total. The van der Waals surface area contributed by atoms with Gasteiger partial charge in [-0.1, -0.05) is 35.9 Å². The lowest BCUT2D eigenvalue weighted by Crippen LogP contribution is -2.21. The van der Waals surface area contributed by atoms with Crippen LogP contribution < -0.4 is 20.9 Å². The van der Waals surface area contributed by atoms with E-state index in [9.17, 15) is 4.79 Å². The molecular formula is C24H23ClN6O3. The quantitative estimate of drug-likeness (QED) is 0.361. The van der Waals surface area contributed by atoms with Crippen molar-refractivity contribution >= 4 is 34.4 Å². The molecule has 2 aromatic heterocycles. The number of rotatable bonds is 7. The maximum atomic E-state index is 11.2. The van der Waals surface area contributed by atoms with Gasteiger partial charge in [-0.3, -0.25) is 5.32 Å². The summed E-state index contributed by atoms with van der Waals surface area (Å²) < 4.78 is 7.69. The highest BCUT2D eigenvalue weighted by Gasteiger charge is 2.23. The normalized spacial score (nSPS) is 15.3. The number of aryl methyl sites for hydroxylation is 1. The minimum Gasteiger partial charge on any atom is -0.496 e. The van der Waals surface area contributed by atoms with Crippen LogP contribution in [-0.2, 0) is 11.4 Å². The van der Waals surface area contributed by atoms with Crippen molar-refractivity contribution in [2.24, 2.45) is 0 Å². The number of carbonyl (C=O) groups is 1. The van der Waals surface area contributed by atoms with E-state index >= 15 is 0 Å². The summed E-state index contributed by atoms with van der Waals surface area (Å²) in [5.41, 5.74) is 7.41. The molecule has 1 unspecified atom stereocenters. The SMILES string of the molecule is COc1cc(Cl)cc2c1cc(C)n2CCNc1cc(-c2ccc(C3NOC(=O)N3)cc2)ncn1. The fourth-order valence-electron chi connectivity index (χ4n) is 4.08. The van der Waals surface area contributed by atoms with Crippen LogP contribution in [-0.4, -0.2) is 34.3 Å². The molecule has 0 bridgehead atoms. The number of fused-ring (bicyclic) bond motifs is 1. The summed E-state index contributed by atoms with van der Waals surface area (Å²) in [4.78, 5) is 24.7. The molecule has 34 heavy (non-hydrogen) atoms. The van der Waals surface area contributed by atoms with Crippen LogP contribution in [0.25, 0.3) is 22.2 Å². The van der Waals surface area contributed by atoms with Crippen LogP contribution in [0.15, 0.2) is 54.9 Å². The number of hydrogen-bond acceptors (Lipinski definition) is 7. The zero-order valence-electron chi connectivity index (χ0n) is 18.6. The standard InChI is InChI=1S/C24H23ClN6O3/c1-14-9-18-20(10-17(25)11-21(18)33-2)31(14)8-7-26-22-12-19(27-13-28-22)15-3-5-16(6-4-15)23-29-24(32)34-30-23/h3-6,9-13,23,30H,7-8H2,1-2H3,(H,29,32)(H,26,27,28). The van der Waals surface area contributed by atoms with E-state index in [1.807, 2.05) is 42.5 Å². The number of aromatic nitrogens is 3. The van der Waals surface area contributed by atoms with Crippen molar-refractivity contribution in [1.82, 2.24) is 25.3 Å². The molecule has 1 aliphatic rings. The minimum absolute atomic E-state index is 0.368. The third-order valence-electron chi connectivity index (χ3n) is 5.75. The Morgan fingerprint density at radius 1 is 1.18 bits per heavy atom. The second-order valence-corrected chi connectivity index (χ2v) is 8.34. The average molecular weight is 479 g/mol. The van der Waals surface area contributed by atoms with Crippen LogP contribution in [0.5, 0.6) is 5.75 Å². The minimum atomic E-state index is -0.495. The zero-order chi connectivity index (χ0) is 23.7. The van der Waals surface area contributed by atoms with Crippen LogP contribution in [0.3, 0.4) is 0 Å². The predicted octanol–water partition coefficient (Wildman–Crippen LogP) is 4.42. The Labute approximate surface area is 201 Å². The molecule has 1 saturated heterocycles. The van der Waals surface area contributed by atoms with Gasteiger partial charge in [0.25, 0.3) is 0 Å². The molecule has 9 nitrogen and oxygen atoms in total. The monoisotopic (exact) mass is 478 g/mol. The topological polar surface area (TPSA) is 102 Å². The van der Waals surface area contributed by atoms with E-state index < -0.39 is 6.09 Å². The van der Waals surface area contributed by atoms with Crippen molar-refractivity contribution in [2.75, 3.05) is 19.0 Å². The highest BCUT2D eigenvalue weighted by Crippen LogP contribution is 2.32. The first-order valence-corrected chi connectivity index (χ1v) is 11.1. The van der Waals surface area contributed by atoms with Gasteiger partial charge in [0.15, 0.2) is 0 Å². The number of hydrogen-bond donors (Lipinski definition) is 3. The van der Waals surface area contributed by atoms with Crippen LogP contribution in [0.4, 0.5) is 10.6 Å². The Hall–Kier alpha value is -3.82. The molecule has 5 rings (SSSR count). The van der Waals surface area contributed by atoms with Crippen LogP contribution >= 0.6 is 11.6 Å².